The van der Waals surface area contributed by atoms with E-state index in [0.717, 1.165) is 48.2 Å². The smallest absolute Gasteiger partial charge is 0.190 e. The van der Waals surface area contributed by atoms with E-state index < -0.39 is 0 Å². The predicted octanol–water partition coefficient (Wildman–Crippen LogP) is 3.82. The molecule has 1 rings (SSSR count). The number of methoxy groups -OCH3 is 1. The van der Waals surface area contributed by atoms with Gasteiger partial charge in [-0.25, -0.2) is 0 Å². The molecule has 23 heavy (non-hydrogen) atoms. The van der Waals surface area contributed by atoms with Crippen LogP contribution in [0.4, 0.5) is 0 Å². The van der Waals surface area contributed by atoms with Crippen molar-refractivity contribution < 1.29 is 4.74 Å². The molecule has 0 fully saturated rings. The molecule has 132 valence electrons. The summed E-state index contributed by atoms with van der Waals surface area (Å²) < 4.78 is 5.15. The molecule has 0 amide bonds. The average molecular weight is 472 g/mol. The molecule has 0 heterocycles. The molecule has 0 atom stereocenters. The minimum Gasteiger partial charge on any atom is -0.497 e. The van der Waals surface area contributed by atoms with Gasteiger partial charge in [0.2, 0.25) is 0 Å². The van der Waals surface area contributed by atoms with Gasteiger partial charge in [-0.3, -0.25) is 4.99 Å². The summed E-state index contributed by atoms with van der Waals surface area (Å²) in [6, 6.07) is 5.77. The topological polar surface area (TPSA) is 45.7 Å². The van der Waals surface area contributed by atoms with Crippen LogP contribution in [0.3, 0.4) is 0 Å². The van der Waals surface area contributed by atoms with Crippen molar-refractivity contribution in [3.8, 4) is 5.75 Å². The maximum atomic E-state index is 6.23. The van der Waals surface area contributed by atoms with Crippen molar-refractivity contribution in [1.82, 2.24) is 10.6 Å². The Labute approximate surface area is 166 Å². The minimum absolute atomic E-state index is 0. The van der Waals surface area contributed by atoms with E-state index in [1.807, 2.05) is 30.0 Å². The molecule has 0 aliphatic rings. The van der Waals surface area contributed by atoms with Crippen LogP contribution in [0.2, 0.25) is 5.02 Å². The first-order valence-corrected chi connectivity index (χ1v) is 9.24. The molecule has 0 aliphatic carbocycles. The zero-order chi connectivity index (χ0) is 16.2. The van der Waals surface area contributed by atoms with Gasteiger partial charge < -0.3 is 15.4 Å². The van der Waals surface area contributed by atoms with Crippen LogP contribution in [-0.2, 0) is 6.42 Å². The molecule has 0 saturated heterocycles. The predicted molar refractivity (Wildman–Crippen MR) is 114 cm³/mol. The van der Waals surface area contributed by atoms with Gasteiger partial charge in [-0.1, -0.05) is 17.7 Å². The highest BCUT2D eigenvalue weighted by Gasteiger charge is 2.03. The molecule has 1 aromatic rings. The Kier molecular flexibility index (Phi) is 13.8. The summed E-state index contributed by atoms with van der Waals surface area (Å²) in [7, 11) is 3.43. The SMILES string of the molecule is CN=C(NCCCCSC)NCCc1ccc(OC)cc1Cl.I. The molecule has 0 aromatic heterocycles. The normalized spacial score (nSPS) is 10.9. The second-order valence-corrected chi connectivity index (χ2v) is 6.23. The van der Waals surface area contributed by atoms with Crippen molar-refractivity contribution in [2.75, 3.05) is 39.3 Å². The van der Waals surface area contributed by atoms with Gasteiger partial charge in [0.25, 0.3) is 0 Å². The summed E-state index contributed by atoms with van der Waals surface area (Å²) in [6.07, 6.45) is 5.37. The molecule has 2 N–H and O–H groups in total. The Morgan fingerprint density at radius 1 is 1.26 bits per heavy atom. The summed E-state index contributed by atoms with van der Waals surface area (Å²) in [4.78, 5) is 4.22. The highest BCUT2D eigenvalue weighted by atomic mass is 127. The lowest BCUT2D eigenvalue weighted by Gasteiger charge is -2.12. The van der Waals surface area contributed by atoms with E-state index in [1.165, 1.54) is 12.2 Å². The van der Waals surface area contributed by atoms with Crippen molar-refractivity contribution in [3.05, 3.63) is 28.8 Å². The number of rotatable bonds is 9. The minimum atomic E-state index is 0. The molecule has 4 nitrogen and oxygen atoms in total. The van der Waals surface area contributed by atoms with Gasteiger partial charge in [0, 0.05) is 25.2 Å². The highest BCUT2D eigenvalue weighted by molar-refractivity contribution is 14.0. The maximum absolute atomic E-state index is 6.23. The number of hydrogen-bond donors (Lipinski definition) is 2. The zero-order valence-electron chi connectivity index (χ0n) is 14.0. The third-order valence-corrected chi connectivity index (χ3v) is 4.29. The monoisotopic (exact) mass is 471 g/mol. The van der Waals surface area contributed by atoms with Crippen LogP contribution in [0, 0.1) is 0 Å². The first-order valence-electron chi connectivity index (χ1n) is 7.47. The summed E-state index contributed by atoms with van der Waals surface area (Å²) >= 11 is 8.12. The lowest BCUT2D eigenvalue weighted by Crippen LogP contribution is -2.38. The second-order valence-electron chi connectivity index (χ2n) is 4.83. The molecular formula is C16H27ClIN3OS. The summed E-state index contributed by atoms with van der Waals surface area (Å²) in [5, 5.41) is 7.37. The zero-order valence-corrected chi connectivity index (χ0v) is 17.9. The fourth-order valence-corrected chi connectivity index (χ4v) is 2.73. The number of thioether (sulfide) groups is 1. The Hall–Kier alpha value is -0.340. The number of nitrogens with zero attached hydrogens (tertiary/aromatic N) is 1. The number of hydrogen-bond acceptors (Lipinski definition) is 3. The molecule has 0 bridgehead atoms. The molecule has 0 unspecified atom stereocenters. The summed E-state index contributed by atoms with van der Waals surface area (Å²) in [5.74, 6) is 2.84. The molecular weight excluding hydrogens is 445 g/mol. The van der Waals surface area contributed by atoms with Crippen LogP contribution >= 0.6 is 47.3 Å². The number of halogens is 2. The number of benzene rings is 1. The van der Waals surface area contributed by atoms with E-state index in [2.05, 4.69) is 21.9 Å². The van der Waals surface area contributed by atoms with Crippen molar-refractivity contribution in [2.24, 2.45) is 4.99 Å². The van der Waals surface area contributed by atoms with E-state index in [0.29, 0.717) is 0 Å². The average Bonchev–Trinajstić information content (AvgIpc) is 2.54. The van der Waals surface area contributed by atoms with E-state index in [-0.39, 0.29) is 24.0 Å². The van der Waals surface area contributed by atoms with Gasteiger partial charge in [0.05, 0.1) is 7.11 Å². The Balaban J connectivity index is 0.00000484. The lowest BCUT2D eigenvalue weighted by molar-refractivity contribution is 0.414. The third kappa shape index (κ3) is 9.52. The Morgan fingerprint density at radius 3 is 2.61 bits per heavy atom. The molecule has 0 radical (unpaired) electrons. The van der Waals surface area contributed by atoms with Gasteiger partial charge in [-0.05, 0) is 49.0 Å². The van der Waals surface area contributed by atoms with Gasteiger partial charge in [-0.2, -0.15) is 11.8 Å². The van der Waals surface area contributed by atoms with Gasteiger partial charge >= 0.3 is 0 Å². The van der Waals surface area contributed by atoms with E-state index in [1.54, 1.807) is 14.2 Å². The molecule has 0 spiro atoms. The van der Waals surface area contributed by atoms with Crippen molar-refractivity contribution in [1.29, 1.82) is 0 Å². The van der Waals surface area contributed by atoms with Crippen molar-refractivity contribution in [2.45, 2.75) is 19.3 Å². The molecule has 1 aromatic carbocycles. The standard InChI is InChI=1S/C16H26ClN3OS.HI/c1-18-16(19-9-4-5-11-22-3)20-10-8-13-6-7-14(21-2)12-15(13)17;/h6-7,12H,4-5,8-11H2,1-3H3,(H2,18,19,20);1H. The second kappa shape index (κ2) is 14.0. The van der Waals surface area contributed by atoms with E-state index in [4.69, 9.17) is 16.3 Å². The van der Waals surface area contributed by atoms with E-state index in [9.17, 15) is 0 Å². The van der Waals surface area contributed by atoms with Crippen LogP contribution in [0.1, 0.15) is 18.4 Å². The maximum Gasteiger partial charge on any atom is 0.190 e. The number of unbranched alkanes of at least 4 members (excludes halogenated alkanes) is 1. The molecule has 7 heteroatoms. The van der Waals surface area contributed by atoms with Crippen molar-refractivity contribution >= 4 is 53.3 Å². The van der Waals surface area contributed by atoms with Crippen LogP contribution in [0.15, 0.2) is 23.2 Å². The number of ether oxygens (including phenoxy) is 1. The van der Waals surface area contributed by atoms with Crippen LogP contribution in [0.25, 0.3) is 0 Å². The van der Waals surface area contributed by atoms with Crippen LogP contribution in [0.5, 0.6) is 5.75 Å². The van der Waals surface area contributed by atoms with Gasteiger partial charge in [0.1, 0.15) is 5.75 Å². The lowest BCUT2D eigenvalue weighted by atomic mass is 10.1. The Morgan fingerprint density at radius 2 is 2.00 bits per heavy atom. The van der Waals surface area contributed by atoms with Gasteiger partial charge in [-0.15, -0.1) is 24.0 Å². The highest BCUT2D eigenvalue weighted by Crippen LogP contribution is 2.22. The van der Waals surface area contributed by atoms with Gasteiger partial charge in [0.15, 0.2) is 5.96 Å². The first-order chi connectivity index (χ1) is 10.7. The van der Waals surface area contributed by atoms with Crippen LogP contribution < -0.4 is 15.4 Å². The fraction of sp³-hybridized carbons (Fsp3) is 0.562. The summed E-state index contributed by atoms with van der Waals surface area (Å²) in [5.41, 5.74) is 1.10. The Bertz CT molecular complexity index is 475. The largest absolute Gasteiger partial charge is 0.497 e. The number of guanidine groups is 1. The quantitative estimate of drug-likeness (QED) is 0.249. The molecule has 0 saturated carbocycles. The first kappa shape index (κ1) is 22.7. The number of nitrogens with one attached hydrogen (secondary N) is 2. The van der Waals surface area contributed by atoms with Crippen molar-refractivity contribution in [3.63, 3.8) is 0 Å². The number of aliphatic imine (C=N–C) groups is 1. The fourth-order valence-electron chi connectivity index (χ4n) is 1.97. The summed E-state index contributed by atoms with van der Waals surface area (Å²) in [6.45, 7) is 1.74. The molecule has 0 aliphatic heterocycles. The van der Waals surface area contributed by atoms with E-state index >= 15 is 0 Å². The third-order valence-electron chi connectivity index (χ3n) is 3.24. The van der Waals surface area contributed by atoms with Crippen LogP contribution in [-0.4, -0.2) is 45.2 Å².